The van der Waals surface area contributed by atoms with Gasteiger partial charge in [0.2, 0.25) is 18.6 Å². The van der Waals surface area contributed by atoms with Gasteiger partial charge in [0.15, 0.2) is 11.5 Å². The SMILES string of the molecule is O=C(CCc1ccc2c(c1)OCO2)NCc1cccc(NC(=O)C2CC2)c1. The molecule has 2 amide bonds. The van der Waals surface area contributed by atoms with Gasteiger partial charge in [-0.1, -0.05) is 18.2 Å². The lowest BCUT2D eigenvalue weighted by molar-refractivity contribution is -0.121. The molecule has 0 aromatic heterocycles. The van der Waals surface area contributed by atoms with Gasteiger partial charge < -0.3 is 20.1 Å². The molecule has 1 saturated carbocycles. The number of anilines is 1. The van der Waals surface area contributed by atoms with Gasteiger partial charge in [-0.15, -0.1) is 0 Å². The Bertz CT molecular complexity index is 861. The monoisotopic (exact) mass is 366 g/mol. The van der Waals surface area contributed by atoms with E-state index in [0.29, 0.717) is 19.4 Å². The van der Waals surface area contributed by atoms with Crippen LogP contribution >= 0.6 is 0 Å². The molecule has 0 unspecified atom stereocenters. The molecule has 27 heavy (non-hydrogen) atoms. The van der Waals surface area contributed by atoms with E-state index in [-0.39, 0.29) is 24.5 Å². The summed E-state index contributed by atoms with van der Waals surface area (Å²) in [5.41, 5.74) is 2.78. The Hall–Kier alpha value is -3.02. The highest BCUT2D eigenvalue weighted by Gasteiger charge is 2.29. The van der Waals surface area contributed by atoms with E-state index in [4.69, 9.17) is 9.47 Å². The molecule has 1 heterocycles. The number of hydrogen-bond acceptors (Lipinski definition) is 4. The number of amides is 2. The third-order valence-corrected chi connectivity index (χ3v) is 4.71. The lowest BCUT2D eigenvalue weighted by Crippen LogP contribution is -2.23. The van der Waals surface area contributed by atoms with E-state index in [2.05, 4.69) is 10.6 Å². The van der Waals surface area contributed by atoms with E-state index >= 15 is 0 Å². The second kappa shape index (κ2) is 7.70. The summed E-state index contributed by atoms with van der Waals surface area (Å²) in [6.07, 6.45) is 2.99. The average molecular weight is 366 g/mol. The molecule has 6 nitrogen and oxygen atoms in total. The van der Waals surface area contributed by atoms with Gasteiger partial charge in [0.1, 0.15) is 0 Å². The minimum absolute atomic E-state index is 0.0138. The maximum atomic E-state index is 12.1. The minimum atomic E-state index is -0.0138. The summed E-state index contributed by atoms with van der Waals surface area (Å²) >= 11 is 0. The average Bonchev–Trinajstić information content (AvgIpc) is 3.43. The minimum Gasteiger partial charge on any atom is -0.454 e. The highest BCUT2D eigenvalue weighted by atomic mass is 16.7. The zero-order chi connectivity index (χ0) is 18.6. The number of benzene rings is 2. The van der Waals surface area contributed by atoms with Crippen molar-refractivity contribution < 1.29 is 19.1 Å². The lowest BCUT2D eigenvalue weighted by Gasteiger charge is -2.09. The highest BCUT2D eigenvalue weighted by Crippen LogP contribution is 2.32. The molecule has 4 rings (SSSR count). The number of carbonyl (C=O) groups is 2. The van der Waals surface area contributed by atoms with Gasteiger partial charge in [0, 0.05) is 24.6 Å². The van der Waals surface area contributed by atoms with Crippen molar-refractivity contribution >= 4 is 17.5 Å². The van der Waals surface area contributed by atoms with Crippen molar-refractivity contribution in [3.05, 3.63) is 53.6 Å². The Morgan fingerprint density at radius 2 is 1.85 bits per heavy atom. The Kier molecular flexibility index (Phi) is 4.96. The molecule has 140 valence electrons. The van der Waals surface area contributed by atoms with Crippen LogP contribution in [0, 0.1) is 5.92 Å². The second-order valence-corrected chi connectivity index (χ2v) is 6.93. The number of carbonyl (C=O) groups excluding carboxylic acids is 2. The number of hydrogen-bond donors (Lipinski definition) is 2. The highest BCUT2D eigenvalue weighted by molar-refractivity contribution is 5.94. The molecule has 1 aliphatic heterocycles. The summed E-state index contributed by atoms with van der Waals surface area (Å²) in [7, 11) is 0. The molecular formula is C21H22N2O4. The summed E-state index contributed by atoms with van der Waals surface area (Å²) in [5.74, 6) is 1.72. The van der Waals surface area contributed by atoms with Crippen molar-refractivity contribution in [1.82, 2.24) is 5.32 Å². The molecule has 0 radical (unpaired) electrons. The summed E-state index contributed by atoms with van der Waals surface area (Å²) < 4.78 is 10.6. The summed E-state index contributed by atoms with van der Waals surface area (Å²) in [5, 5.41) is 5.85. The van der Waals surface area contributed by atoms with Crippen LogP contribution in [0.25, 0.3) is 0 Å². The number of ether oxygens (including phenoxy) is 2. The van der Waals surface area contributed by atoms with E-state index < -0.39 is 0 Å². The fraction of sp³-hybridized carbons (Fsp3) is 0.333. The number of aryl methyl sites for hydroxylation is 1. The van der Waals surface area contributed by atoms with Crippen LogP contribution in [0.3, 0.4) is 0 Å². The number of fused-ring (bicyclic) bond motifs is 1. The number of rotatable bonds is 7. The molecule has 2 N–H and O–H groups in total. The maximum absolute atomic E-state index is 12.1. The Morgan fingerprint density at radius 3 is 2.70 bits per heavy atom. The zero-order valence-electron chi connectivity index (χ0n) is 15.0. The van der Waals surface area contributed by atoms with Crippen molar-refractivity contribution in [2.75, 3.05) is 12.1 Å². The first-order valence-electron chi connectivity index (χ1n) is 9.22. The van der Waals surface area contributed by atoms with E-state index in [1.54, 1.807) is 0 Å². The maximum Gasteiger partial charge on any atom is 0.231 e. The molecular weight excluding hydrogens is 344 g/mol. The predicted molar refractivity (Wildman–Crippen MR) is 101 cm³/mol. The quantitative estimate of drug-likeness (QED) is 0.790. The first-order valence-corrected chi connectivity index (χ1v) is 9.22. The van der Waals surface area contributed by atoms with E-state index in [9.17, 15) is 9.59 Å². The Labute approximate surface area is 157 Å². The lowest BCUT2D eigenvalue weighted by atomic mass is 10.1. The van der Waals surface area contributed by atoms with Crippen molar-refractivity contribution in [2.45, 2.75) is 32.2 Å². The third kappa shape index (κ3) is 4.58. The van der Waals surface area contributed by atoms with Gasteiger partial charge in [-0.25, -0.2) is 0 Å². The zero-order valence-corrected chi connectivity index (χ0v) is 15.0. The smallest absolute Gasteiger partial charge is 0.231 e. The summed E-state index contributed by atoms with van der Waals surface area (Å²) in [6.45, 7) is 0.687. The van der Waals surface area contributed by atoms with Crippen LogP contribution in [0.5, 0.6) is 11.5 Å². The Morgan fingerprint density at radius 1 is 1.00 bits per heavy atom. The van der Waals surface area contributed by atoms with Gasteiger partial charge in [-0.3, -0.25) is 9.59 Å². The van der Waals surface area contributed by atoms with Gasteiger partial charge in [-0.05, 0) is 54.7 Å². The van der Waals surface area contributed by atoms with Crippen LogP contribution in [0.2, 0.25) is 0 Å². The molecule has 2 aliphatic rings. The van der Waals surface area contributed by atoms with Crippen molar-refractivity contribution in [3.63, 3.8) is 0 Å². The normalized spacial score (nSPS) is 14.7. The van der Waals surface area contributed by atoms with E-state index in [1.807, 2.05) is 42.5 Å². The molecule has 0 bridgehead atoms. The van der Waals surface area contributed by atoms with Crippen molar-refractivity contribution in [3.8, 4) is 11.5 Å². The van der Waals surface area contributed by atoms with Gasteiger partial charge in [-0.2, -0.15) is 0 Å². The second-order valence-electron chi connectivity index (χ2n) is 6.93. The Balaban J connectivity index is 1.24. The van der Waals surface area contributed by atoms with E-state index in [1.165, 1.54) is 0 Å². The van der Waals surface area contributed by atoms with Gasteiger partial charge in [0.05, 0.1) is 0 Å². The molecule has 2 aromatic rings. The summed E-state index contributed by atoms with van der Waals surface area (Å²) in [4.78, 5) is 24.0. The topological polar surface area (TPSA) is 76.7 Å². The van der Waals surface area contributed by atoms with E-state index in [0.717, 1.165) is 41.2 Å². The molecule has 6 heteroatoms. The van der Waals surface area contributed by atoms with Crippen LogP contribution in [0.1, 0.15) is 30.4 Å². The first kappa shape index (κ1) is 17.4. The third-order valence-electron chi connectivity index (χ3n) is 4.71. The van der Waals surface area contributed by atoms with Crippen LogP contribution in [0.15, 0.2) is 42.5 Å². The van der Waals surface area contributed by atoms with Crippen LogP contribution in [-0.4, -0.2) is 18.6 Å². The molecule has 2 aromatic carbocycles. The fourth-order valence-electron chi connectivity index (χ4n) is 2.99. The van der Waals surface area contributed by atoms with Crippen molar-refractivity contribution in [1.29, 1.82) is 0 Å². The standard InChI is InChI=1S/C21H22N2O4/c24-20(9-5-14-4-8-18-19(11-14)27-13-26-18)22-12-15-2-1-3-17(10-15)23-21(25)16-6-7-16/h1-4,8,10-11,16H,5-7,9,12-13H2,(H,22,24)(H,23,25). The largest absolute Gasteiger partial charge is 0.454 e. The van der Waals surface area contributed by atoms with Crippen LogP contribution in [0.4, 0.5) is 5.69 Å². The summed E-state index contributed by atoms with van der Waals surface area (Å²) in [6, 6.07) is 13.3. The van der Waals surface area contributed by atoms with Crippen LogP contribution < -0.4 is 20.1 Å². The molecule has 1 aliphatic carbocycles. The molecule has 0 atom stereocenters. The first-order chi connectivity index (χ1) is 13.2. The number of nitrogens with one attached hydrogen (secondary N) is 2. The van der Waals surface area contributed by atoms with Gasteiger partial charge in [0.25, 0.3) is 0 Å². The van der Waals surface area contributed by atoms with Gasteiger partial charge >= 0.3 is 0 Å². The van der Waals surface area contributed by atoms with Crippen LogP contribution in [-0.2, 0) is 22.6 Å². The predicted octanol–water partition coefficient (Wildman–Crippen LogP) is 3.01. The van der Waals surface area contributed by atoms with Crippen molar-refractivity contribution in [2.24, 2.45) is 5.92 Å². The molecule has 0 spiro atoms. The molecule has 1 fully saturated rings. The fourth-order valence-corrected chi connectivity index (χ4v) is 2.99. The molecule has 0 saturated heterocycles.